The summed E-state index contributed by atoms with van der Waals surface area (Å²) in [6, 6.07) is 11.4. The van der Waals surface area contributed by atoms with E-state index in [1.54, 1.807) is 30.3 Å². The minimum Gasteiger partial charge on any atom is -0.478 e. The van der Waals surface area contributed by atoms with Crippen molar-refractivity contribution in [2.75, 3.05) is 18.2 Å². The van der Waals surface area contributed by atoms with Crippen LogP contribution in [-0.4, -0.2) is 24.2 Å². The number of carboxylic acids is 1. The maximum atomic E-state index is 11.3. The first-order valence-corrected chi connectivity index (χ1v) is 6.55. The Morgan fingerprint density at radius 2 is 1.77 bits per heavy atom. The molecule has 0 saturated carbocycles. The Bertz CT molecular complexity index is 696. The smallest absolute Gasteiger partial charge is 0.337 e. The molecule has 2 aromatic rings. The maximum absolute atomic E-state index is 11.3. The molecule has 22 heavy (non-hydrogen) atoms. The summed E-state index contributed by atoms with van der Waals surface area (Å²) in [5.74, 6) is -1.40. The van der Waals surface area contributed by atoms with Crippen LogP contribution in [0.15, 0.2) is 42.5 Å². The average Bonchev–Trinajstić information content (AvgIpc) is 2.53. The third-order valence-corrected chi connectivity index (χ3v) is 3.16. The van der Waals surface area contributed by atoms with Gasteiger partial charge in [-0.1, -0.05) is 12.1 Å². The number of ether oxygens (including phenoxy) is 1. The highest BCUT2D eigenvalue weighted by atomic mass is 16.5. The van der Waals surface area contributed by atoms with Gasteiger partial charge in [-0.25, -0.2) is 9.59 Å². The molecule has 0 unspecified atom stereocenters. The molecule has 0 aliphatic carbocycles. The van der Waals surface area contributed by atoms with Crippen LogP contribution < -0.4 is 11.1 Å². The number of nitrogens with two attached hydrogens (primary N) is 1. The molecule has 0 spiro atoms. The van der Waals surface area contributed by atoms with Gasteiger partial charge in [0, 0.05) is 6.54 Å². The van der Waals surface area contributed by atoms with Crippen molar-refractivity contribution in [1.29, 1.82) is 0 Å². The molecule has 0 bridgehead atoms. The highest BCUT2D eigenvalue weighted by molar-refractivity contribution is 5.90. The van der Waals surface area contributed by atoms with Crippen LogP contribution in [0.5, 0.6) is 0 Å². The summed E-state index contributed by atoms with van der Waals surface area (Å²) in [5, 5.41) is 12.1. The van der Waals surface area contributed by atoms with Crippen LogP contribution >= 0.6 is 0 Å². The first-order valence-electron chi connectivity index (χ1n) is 6.55. The van der Waals surface area contributed by atoms with E-state index in [9.17, 15) is 9.59 Å². The number of anilines is 2. The van der Waals surface area contributed by atoms with Crippen LogP contribution in [0.4, 0.5) is 11.4 Å². The summed E-state index contributed by atoms with van der Waals surface area (Å²) < 4.78 is 4.63. The average molecular weight is 300 g/mol. The molecule has 0 saturated heterocycles. The number of rotatable bonds is 5. The van der Waals surface area contributed by atoms with Gasteiger partial charge in [-0.05, 0) is 35.9 Å². The molecule has 0 fully saturated rings. The number of carboxylic acid groups (broad SMARTS) is 1. The molecule has 2 rings (SSSR count). The number of aromatic carboxylic acids is 1. The fraction of sp³-hybridized carbons (Fsp3) is 0.125. The predicted molar refractivity (Wildman–Crippen MR) is 82.9 cm³/mol. The highest BCUT2D eigenvalue weighted by Gasteiger charge is 2.07. The van der Waals surface area contributed by atoms with Crippen LogP contribution in [0.1, 0.15) is 26.3 Å². The van der Waals surface area contributed by atoms with Crippen molar-refractivity contribution in [2.24, 2.45) is 0 Å². The molecule has 0 amide bonds. The predicted octanol–water partition coefficient (Wildman–Crippen LogP) is 2.37. The van der Waals surface area contributed by atoms with Gasteiger partial charge in [0.1, 0.15) is 0 Å². The lowest BCUT2D eigenvalue weighted by molar-refractivity contribution is 0.0599. The molecular weight excluding hydrogens is 284 g/mol. The zero-order valence-corrected chi connectivity index (χ0v) is 12.0. The third-order valence-electron chi connectivity index (χ3n) is 3.16. The fourth-order valence-corrected chi connectivity index (χ4v) is 1.92. The van der Waals surface area contributed by atoms with Crippen molar-refractivity contribution in [3.05, 3.63) is 59.2 Å². The van der Waals surface area contributed by atoms with Gasteiger partial charge >= 0.3 is 11.9 Å². The second-order valence-electron chi connectivity index (χ2n) is 4.65. The number of methoxy groups -OCH3 is 1. The number of hydrogen-bond acceptors (Lipinski definition) is 5. The molecular formula is C16H16N2O4. The second-order valence-corrected chi connectivity index (χ2v) is 4.65. The molecule has 0 aromatic heterocycles. The van der Waals surface area contributed by atoms with Crippen molar-refractivity contribution in [1.82, 2.24) is 0 Å². The number of hydrogen-bond donors (Lipinski definition) is 3. The maximum Gasteiger partial charge on any atom is 0.337 e. The van der Waals surface area contributed by atoms with Crippen molar-refractivity contribution < 1.29 is 19.4 Å². The molecule has 6 nitrogen and oxygen atoms in total. The second kappa shape index (κ2) is 6.62. The summed E-state index contributed by atoms with van der Waals surface area (Å²) in [6.07, 6.45) is 0. The van der Waals surface area contributed by atoms with Crippen molar-refractivity contribution in [3.63, 3.8) is 0 Å². The Balaban J connectivity index is 2.08. The molecule has 0 atom stereocenters. The van der Waals surface area contributed by atoms with Gasteiger partial charge in [0.05, 0.1) is 29.6 Å². The zero-order chi connectivity index (χ0) is 16.1. The topological polar surface area (TPSA) is 102 Å². The van der Waals surface area contributed by atoms with Gasteiger partial charge in [0.2, 0.25) is 0 Å². The Morgan fingerprint density at radius 3 is 2.36 bits per heavy atom. The lowest BCUT2D eigenvalue weighted by atomic mass is 10.1. The van der Waals surface area contributed by atoms with Gasteiger partial charge in [-0.15, -0.1) is 0 Å². The first-order chi connectivity index (χ1) is 10.5. The molecule has 114 valence electrons. The van der Waals surface area contributed by atoms with Crippen molar-refractivity contribution in [2.45, 2.75) is 6.54 Å². The summed E-state index contributed by atoms with van der Waals surface area (Å²) in [4.78, 5) is 22.3. The van der Waals surface area contributed by atoms with Crippen molar-refractivity contribution >= 4 is 23.3 Å². The van der Waals surface area contributed by atoms with Crippen LogP contribution in [0, 0.1) is 0 Å². The Kier molecular flexibility index (Phi) is 4.63. The van der Waals surface area contributed by atoms with Gasteiger partial charge in [0.25, 0.3) is 0 Å². The lowest BCUT2D eigenvalue weighted by Gasteiger charge is -2.10. The fourth-order valence-electron chi connectivity index (χ4n) is 1.92. The minimum absolute atomic E-state index is 0.165. The number of benzene rings is 2. The largest absolute Gasteiger partial charge is 0.478 e. The summed E-state index contributed by atoms with van der Waals surface area (Å²) in [6.45, 7) is 0.453. The van der Waals surface area contributed by atoms with E-state index < -0.39 is 11.9 Å². The van der Waals surface area contributed by atoms with E-state index in [0.717, 1.165) is 5.56 Å². The lowest BCUT2D eigenvalue weighted by Crippen LogP contribution is -2.06. The zero-order valence-electron chi connectivity index (χ0n) is 12.0. The molecule has 0 aliphatic rings. The van der Waals surface area contributed by atoms with E-state index in [4.69, 9.17) is 10.8 Å². The van der Waals surface area contributed by atoms with E-state index in [1.807, 2.05) is 0 Å². The number of nitrogens with one attached hydrogen (secondary N) is 1. The first kappa shape index (κ1) is 15.4. The van der Waals surface area contributed by atoms with Crippen LogP contribution in [0.2, 0.25) is 0 Å². The third kappa shape index (κ3) is 3.54. The Labute approximate surface area is 127 Å². The Morgan fingerprint density at radius 1 is 1.14 bits per heavy atom. The number of carbonyl (C=O) groups excluding carboxylic acids is 1. The highest BCUT2D eigenvalue weighted by Crippen LogP contribution is 2.21. The van der Waals surface area contributed by atoms with E-state index in [0.29, 0.717) is 23.5 Å². The van der Waals surface area contributed by atoms with Gasteiger partial charge < -0.3 is 20.9 Å². The molecule has 6 heteroatoms. The summed E-state index contributed by atoms with van der Waals surface area (Å²) in [5.41, 5.74) is 8.40. The monoisotopic (exact) mass is 300 g/mol. The molecule has 0 radical (unpaired) electrons. The summed E-state index contributed by atoms with van der Waals surface area (Å²) in [7, 11) is 1.33. The van der Waals surface area contributed by atoms with Crippen LogP contribution in [-0.2, 0) is 11.3 Å². The molecule has 0 aliphatic heterocycles. The number of esters is 1. The standard InChI is InChI=1S/C16H16N2O4/c1-22-16(21)11-4-2-10(3-5-11)9-18-14-8-12(15(19)20)6-7-13(14)17/h2-8,18H,9,17H2,1H3,(H,19,20). The summed E-state index contributed by atoms with van der Waals surface area (Å²) >= 11 is 0. The van der Waals surface area contributed by atoms with Crippen LogP contribution in [0.3, 0.4) is 0 Å². The number of nitrogen functional groups attached to an aromatic ring is 1. The SMILES string of the molecule is COC(=O)c1ccc(CNc2cc(C(=O)O)ccc2N)cc1. The molecule has 4 N–H and O–H groups in total. The van der Waals surface area contributed by atoms with Crippen molar-refractivity contribution in [3.8, 4) is 0 Å². The van der Waals surface area contributed by atoms with E-state index in [1.165, 1.54) is 19.2 Å². The number of carbonyl (C=O) groups is 2. The van der Waals surface area contributed by atoms with E-state index in [2.05, 4.69) is 10.1 Å². The Hall–Kier alpha value is -3.02. The normalized spacial score (nSPS) is 10.0. The van der Waals surface area contributed by atoms with Gasteiger partial charge in [-0.3, -0.25) is 0 Å². The quantitative estimate of drug-likeness (QED) is 0.579. The molecule has 2 aromatic carbocycles. The van der Waals surface area contributed by atoms with E-state index in [-0.39, 0.29) is 5.56 Å². The van der Waals surface area contributed by atoms with Crippen LogP contribution in [0.25, 0.3) is 0 Å². The van der Waals surface area contributed by atoms with Gasteiger partial charge in [0.15, 0.2) is 0 Å². The van der Waals surface area contributed by atoms with E-state index >= 15 is 0 Å². The minimum atomic E-state index is -1.01. The molecule has 0 heterocycles. The van der Waals surface area contributed by atoms with Gasteiger partial charge in [-0.2, -0.15) is 0 Å².